The van der Waals surface area contributed by atoms with Gasteiger partial charge in [-0.2, -0.15) is 0 Å². The van der Waals surface area contributed by atoms with Gasteiger partial charge in [0, 0.05) is 28.0 Å². The number of halogens is 2. The molecule has 1 unspecified atom stereocenters. The lowest BCUT2D eigenvalue weighted by molar-refractivity contribution is -0.132. The van der Waals surface area contributed by atoms with Crippen LogP contribution in [0.25, 0.3) is 0 Å². The molecule has 2 aromatic rings. The maximum absolute atomic E-state index is 14.0. The zero-order valence-corrected chi connectivity index (χ0v) is 16.1. The smallest absolute Gasteiger partial charge is 0.312 e. The molecule has 134 valence electrons. The molecule has 3 amide bonds. The Hall–Kier alpha value is -1.93. The van der Waals surface area contributed by atoms with E-state index in [1.54, 1.807) is 17.0 Å². The second-order valence-corrected chi connectivity index (χ2v) is 7.32. The summed E-state index contributed by atoms with van der Waals surface area (Å²) in [5.41, 5.74) is 5.65. The molecule has 0 radical (unpaired) electrons. The van der Waals surface area contributed by atoms with Crippen LogP contribution in [0.1, 0.15) is 29.8 Å². The van der Waals surface area contributed by atoms with Crippen molar-refractivity contribution >= 4 is 39.2 Å². The number of urea groups is 1. The van der Waals surface area contributed by atoms with Gasteiger partial charge in [-0.15, -0.1) is 11.3 Å². The zero-order chi connectivity index (χ0) is 18.4. The quantitative estimate of drug-likeness (QED) is 0.704. The third-order valence-corrected chi connectivity index (χ3v) is 5.16. The van der Waals surface area contributed by atoms with Crippen molar-refractivity contribution in [2.45, 2.75) is 25.9 Å². The van der Waals surface area contributed by atoms with Gasteiger partial charge in [0.2, 0.25) is 5.91 Å². The van der Waals surface area contributed by atoms with Crippen LogP contribution in [-0.4, -0.2) is 23.4 Å². The Labute approximate surface area is 158 Å². The summed E-state index contributed by atoms with van der Waals surface area (Å²) in [5, 5.41) is 4.46. The molecule has 0 spiro atoms. The lowest BCUT2D eigenvalue weighted by Crippen LogP contribution is -2.38. The van der Waals surface area contributed by atoms with Crippen LogP contribution in [0, 0.1) is 5.82 Å². The summed E-state index contributed by atoms with van der Waals surface area (Å²) in [5.74, 6) is -0.548. The summed E-state index contributed by atoms with van der Waals surface area (Å²) in [7, 11) is 0. The van der Waals surface area contributed by atoms with Crippen molar-refractivity contribution < 1.29 is 14.0 Å². The van der Waals surface area contributed by atoms with Gasteiger partial charge in [-0.3, -0.25) is 4.79 Å². The van der Waals surface area contributed by atoms with Crippen molar-refractivity contribution in [3.63, 3.8) is 0 Å². The highest BCUT2D eigenvalue weighted by Crippen LogP contribution is 2.24. The maximum Gasteiger partial charge on any atom is 0.312 e. The van der Waals surface area contributed by atoms with Crippen LogP contribution in [0.3, 0.4) is 0 Å². The fourth-order valence-corrected chi connectivity index (χ4v) is 3.62. The molecule has 0 saturated heterocycles. The number of amides is 3. The third kappa shape index (κ3) is 5.54. The molecule has 0 bridgehead atoms. The first-order valence-electron chi connectivity index (χ1n) is 7.71. The van der Waals surface area contributed by atoms with Crippen LogP contribution in [0.2, 0.25) is 0 Å². The molecule has 1 aromatic carbocycles. The highest BCUT2D eigenvalue weighted by molar-refractivity contribution is 9.10. The van der Waals surface area contributed by atoms with Crippen LogP contribution >= 0.6 is 27.3 Å². The molecule has 0 aliphatic heterocycles. The molecule has 3 N–H and O–H groups in total. The van der Waals surface area contributed by atoms with Crippen LogP contribution < -0.4 is 11.1 Å². The molecular weight excluding hydrogens is 409 g/mol. The summed E-state index contributed by atoms with van der Waals surface area (Å²) >= 11 is 4.74. The Morgan fingerprint density at radius 3 is 2.76 bits per heavy atom. The molecule has 0 fully saturated rings. The summed E-state index contributed by atoms with van der Waals surface area (Å²) in [6, 6.07) is 7.13. The van der Waals surface area contributed by atoms with Crippen molar-refractivity contribution in [3.8, 4) is 0 Å². The van der Waals surface area contributed by atoms with E-state index in [0.717, 1.165) is 9.35 Å². The van der Waals surface area contributed by atoms with Crippen molar-refractivity contribution in [2.24, 2.45) is 5.73 Å². The summed E-state index contributed by atoms with van der Waals surface area (Å²) in [6.45, 7) is 2.42. The zero-order valence-electron chi connectivity index (χ0n) is 13.7. The normalized spacial score (nSPS) is 11.8. The molecule has 0 saturated carbocycles. The topological polar surface area (TPSA) is 75.4 Å². The predicted octanol–water partition coefficient (Wildman–Crippen LogP) is 3.80. The Kier molecular flexibility index (Phi) is 6.95. The number of carbonyl (C=O) groups excluding carboxylic acids is 2. The van der Waals surface area contributed by atoms with Gasteiger partial charge in [-0.25, -0.2) is 9.18 Å². The Morgan fingerprint density at radius 1 is 1.40 bits per heavy atom. The van der Waals surface area contributed by atoms with E-state index in [1.807, 2.05) is 24.4 Å². The maximum atomic E-state index is 14.0. The molecule has 2 rings (SSSR count). The predicted molar refractivity (Wildman–Crippen MR) is 99.6 cm³/mol. The number of nitrogens with two attached hydrogens (primary N) is 1. The van der Waals surface area contributed by atoms with Crippen molar-refractivity contribution in [1.29, 1.82) is 0 Å². The first-order valence-corrected chi connectivity index (χ1v) is 9.39. The van der Waals surface area contributed by atoms with Crippen LogP contribution in [0.15, 0.2) is 40.2 Å². The summed E-state index contributed by atoms with van der Waals surface area (Å²) in [4.78, 5) is 26.3. The molecule has 0 aliphatic rings. The van der Waals surface area contributed by atoms with Gasteiger partial charge in [-0.05, 0) is 36.6 Å². The average Bonchev–Trinajstić information content (AvgIpc) is 3.09. The number of nitrogens with one attached hydrogen (secondary N) is 1. The minimum Gasteiger partial charge on any atom is -0.352 e. The van der Waals surface area contributed by atoms with E-state index in [0.29, 0.717) is 12.1 Å². The van der Waals surface area contributed by atoms with Crippen molar-refractivity contribution in [3.05, 3.63) is 56.4 Å². The minimum absolute atomic E-state index is 0.0624. The number of primary amides is 1. The SMILES string of the molecule is CCN(Cc1cc(Br)ccc1F)C(=O)CC(NC(N)=O)c1cccs1. The third-order valence-electron chi connectivity index (χ3n) is 3.69. The van der Waals surface area contributed by atoms with Crippen molar-refractivity contribution in [1.82, 2.24) is 10.2 Å². The largest absolute Gasteiger partial charge is 0.352 e. The fourth-order valence-electron chi connectivity index (χ4n) is 2.43. The summed E-state index contributed by atoms with van der Waals surface area (Å²) < 4.78 is 14.7. The second-order valence-electron chi connectivity index (χ2n) is 5.42. The number of rotatable bonds is 7. The van der Waals surface area contributed by atoms with E-state index in [-0.39, 0.29) is 24.7 Å². The highest BCUT2D eigenvalue weighted by atomic mass is 79.9. The minimum atomic E-state index is -0.688. The van der Waals surface area contributed by atoms with Gasteiger partial charge in [0.15, 0.2) is 0 Å². The van der Waals surface area contributed by atoms with E-state index in [4.69, 9.17) is 5.73 Å². The molecule has 0 aliphatic carbocycles. The van der Waals surface area contributed by atoms with E-state index in [1.165, 1.54) is 17.4 Å². The Balaban J connectivity index is 2.12. The average molecular weight is 428 g/mol. The second kappa shape index (κ2) is 8.96. The molecule has 5 nitrogen and oxygen atoms in total. The number of nitrogens with zero attached hydrogens (tertiary/aromatic N) is 1. The van der Waals surface area contributed by atoms with E-state index in [9.17, 15) is 14.0 Å². The number of hydrogen-bond donors (Lipinski definition) is 2. The molecule has 1 atom stereocenters. The summed E-state index contributed by atoms with van der Waals surface area (Å²) in [6.07, 6.45) is 0.0624. The number of benzene rings is 1. The first-order chi connectivity index (χ1) is 11.9. The van der Waals surface area contributed by atoms with E-state index >= 15 is 0 Å². The highest BCUT2D eigenvalue weighted by Gasteiger charge is 2.22. The van der Waals surface area contributed by atoms with Crippen LogP contribution in [0.4, 0.5) is 9.18 Å². The number of hydrogen-bond acceptors (Lipinski definition) is 3. The van der Waals surface area contributed by atoms with Crippen LogP contribution in [0.5, 0.6) is 0 Å². The van der Waals surface area contributed by atoms with Gasteiger partial charge >= 0.3 is 6.03 Å². The monoisotopic (exact) mass is 427 g/mol. The molecule has 1 aromatic heterocycles. The standard InChI is InChI=1S/C17H19BrFN3O2S/c1-2-22(10-11-8-12(18)5-6-13(11)19)16(23)9-14(21-17(20)24)15-4-3-7-25-15/h3-8,14H,2,9-10H2,1H3,(H3,20,21,24). The molecule has 8 heteroatoms. The number of carbonyl (C=O) groups is 2. The first kappa shape index (κ1) is 19.4. The molecule has 25 heavy (non-hydrogen) atoms. The van der Waals surface area contributed by atoms with Gasteiger partial charge in [-0.1, -0.05) is 22.0 Å². The fraction of sp³-hybridized carbons (Fsp3) is 0.294. The Morgan fingerprint density at radius 2 is 2.16 bits per heavy atom. The van der Waals surface area contributed by atoms with E-state index in [2.05, 4.69) is 21.2 Å². The van der Waals surface area contributed by atoms with Crippen LogP contribution in [-0.2, 0) is 11.3 Å². The molecular formula is C17H19BrFN3O2S. The van der Waals surface area contributed by atoms with Gasteiger partial charge in [0.1, 0.15) is 5.82 Å². The Bertz CT molecular complexity index is 739. The van der Waals surface area contributed by atoms with Crippen molar-refractivity contribution in [2.75, 3.05) is 6.54 Å². The molecule has 1 heterocycles. The van der Waals surface area contributed by atoms with Gasteiger partial charge in [0.25, 0.3) is 0 Å². The number of thiophene rings is 1. The van der Waals surface area contributed by atoms with E-state index < -0.39 is 12.1 Å². The van der Waals surface area contributed by atoms with Gasteiger partial charge < -0.3 is 16.0 Å². The lowest BCUT2D eigenvalue weighted by atomic mass is 10.1. The lowest BCUT2D eigenvalue weighted by Gasteiger charge is -2.24. The van der Waals surface area contributed by atoms with Gasteiger partial charge in [0.05, 0.1) is 12.5 Å².